The molecule has 0 aliphatic rings. The predicted octanol–water partition coefficient (Wildman–Crippen LogP) is 7.16. The van der Waals surface area contributed by atoms with E-state index < -0.39 is 6.04 Å². The standard InChI is InChI=1S/C31H36BrClN2O3/c1-4-5-17-34-31(37)28(18-23-9-7-6-8-10-23)35(20-24-11-14-26(33)15-12-24)30(36)21-38-29-16-13-25(22(2)3)19-27(29)32/h6-16,19,22,28H,4-5,17-18,20-21H2,1-3H3,(H,34,37). The molecule has 0 heterocycles. The van der Waals surface area contributed by atoms with Crippen molar-refractivity contribution in [1.82, 2.24) is 10.2 Å². The number of rotatable bonds is 13. The molecular weight excluding hydrogens is 564 g/mol. The van der Waals surface area contributed by atoms with Gasteiger partial charge in [0.2, 0.25) is 5.91 Å². The first-order valence-corrected chi connectivity index (χ1v) is 14.2. The number of amides is 2. The lowest BCUT2D eigenvalue weighted by molar-refractivity contribution is -0.142. The molecule has 0 aliphatic heterocycles. The second-order valence-electron chi connectivity index (χ2n) is 9.63. The number of nitrogens with one attached hydrogen (secondary N) is 1. The van der Waals surface area contributed by atoms with Gasteiger partial charge in [-0.15, -0.1) is 0 Å². The summed E-state index contributed by atoms with van der Waals surface area (Å²) in [5, 5.41) is 3.65. The molecule has 0 bridgehead atoms. The van der Waals surface area contributed by atoms with Gasteiger partial charge >= 0.3 is 0 Å². The third kappa shape index (κ3) is 8.88. The van der Waals surface area contributed by atoms with Crippen LogP contribution < -0.4 is 10.1 Å². The summed E-state index contributed by atoms with van der Waals surface area (Å²) in [4.78, 5) is 28.8. The van der Waals surface area contributed by atoms with Crippen LogP contribution in [0, 0.1) is 0 Å². The van der Waals surface area contributed by atoms with E-state index in [-0.39, 0.29) is 25.0 Å². The largest absolute Gasteiger partial charge is 0.483 e. The van der Waals surface area contributed by atoms with E-state index in [9.17, 15) is 9.59 Å². The van der Waals surface area contributed by atoms with Gasteiger partial charge in [-0.1, -0.05) is 87.3 Å². The highest BCUT2D eigenvalue weighted by molar-refractivity contribution is 9.10. The third-order valence-electron chi connectivity index (χ3n) is 6.34. The maximum Gasteiger partial charge on any atom is 0.261 e. The van der Waals surface area contributed by atoms with E-state index in [0.717, 1.165) is 28.4 Å². The van der Waals surface area contributed by atoms with Gasteiger partial charge < -0.3 is 15.0 Å². The van der Waals surface area contributed by atoms with Gasteiger partial charge in [0.05, 0.1) is 4.47 Å². The Labute approximate surface area is 239 Å². The van der Waals surface area contributed by atoms with Gasteiger partial charge in [-0.05, 0) is 69.2 Å². The van der Waals surface area contributed by atoms with Crippen LogP contribution in [0.5, 0.6) is 5.75 Å². The van der Waals surface area contributed by atoms with Gasteiger partial charge in [0.15, 0.2) is 6.61 Å². The molecule has 0 saturated carbocycles. The Hall–Kier alpha value is -2.83. The molecule has 3 rings (SSSR count). The summed E-state index contributed by atoms with van der Waals surface area (Å²) in [7, 11) is 0. The summed E-state index contributed by atoms with van der Waals surface area (Å²) in [5.74, 6) is 0.515. The molecule has 0 spiro atoms. The SMILES string of the molecule is CCCCNC(=O)C(Cc1ccccc1)N(Cc1ccc(Cl)cc1)C(=O)COc1ccc(C(C)C)cc1Br. The molecule has 7 heteroatoms. The van der Waals surface area contributed by atoms with Crippen molar-refractivity contribution >= 4 is 39.3 Å². The van der Waals surface area contributed by atoms with Gasteiger partial charge in [-0.25, -0.2) is 0 Å². The molecule has 0 aliphatic carbocycles. The van der Waals surface area contributed by atoms with Crippen LogP contribution in [0.1, 0.15) is 56.2 Å². The van der Waals surface area contributed by atoms with E-state index in [0.29, 0.717) is 29.7 Å². The Morgan fingerprint density at radius 1 is 1.00 bits per heavy atom. The number of ether oxygens (including phenoxy) is 1. The van der Waals surface area contributed by atoms with Crippen LogP contribution in [0.2, 0.25) is 5.02 Å². The summed E-state index contributed by atoms with van der Waals surface area (Å²) in [6.07, 6.45) is 2.23. The average molecular weight is 600 g/mol. The van der Waals surface area contributed by atoms with Crippen molar-refractivity contribution in [2.45, 2.75) is 58.5 Å². The van der Waals surface area contributed by atoms with Crippen LogP contribution in [-0.4, -0.2) is 35.9 Å². The molecule has 2 amide bonds. The van der Waals surface area contributed by atoms with E-state index in [1.165, 1.54) is 5.56 Å². The van der Waals surface area contributed by atoms with E-state index >= 15 is 0 Å². The minimum atomic E-state index is -0.701. The zero-order chi connectivity index (χ0) is 27.5. The van der Waals surface area contributed by atoms with Crippen LogP contribution in [0.3, 0.4) is 0 Å². The van der Waals surface area contributed by atoms with Gasteiger partial charge in [0.25, 0.3) is 5.91 Å². The molecule has 0 radical (unpaired) electrons. The zero-order valence-electron chi connectivity index (χ0n) is 22.3. The Balaban J connectivity index is 1.88. The van der Waals surface area contributed by atoms with Crippen molar-refractivity contribution in [3.8, 4) is 5.75 Å². The number of hydrogen-bond donors (Lipinski definition) is 1. The van der Waals surface area contributed by atoms with Crippen molar-refractivity contribution in [1.29, 1.82) is 0 Å². The predicted molar refractivity (Wildman–Crippen MR) is 158 cm³/mol. The van der Waals surface area contributed by atoms with Crippen molar-refractivity contribution in [3.63, 3.8) is 0 Å². The van der Waals surface area contributed by atoms with Crippen LogP contribution in [0.15, 0.2) is 77.3 Å². The van der Waals surface area contributed by atoms with E-state index in [1.807, 2.05) is 60.7 Å². The van der Waals surface area contributed by atoms with E-state index in [4.69, 9.17) is 16.3 Å². The van der Waals surface area contributed by atoms with Crippen LogP contribution in [0.25, 0.3) is 0 Å². The molecule has 1 unspecified atom stereocenters. The van der Waals surface area contributed by atoms with Crippen molar-refractivity contribution in [2.75, 3.05) is 13.2 Å². The van der Waals surface area contributed by atoms with Gasteiger partial charge in [0.1, 0.15) is 11.8 Å². The highest BCUT2D eigenvalue weighted by Gasteiger charge is 2.30. The van der Waals surface area contributed by atoms with Crippen molar-refractivity contribution < 1.29 is 14.3 Å². The summed E-state index contributed by atoms with van der Waals surface area (Å²) < 4.78 is 6.75. The molecule has 202 valence electrons. The molecule has 0 aromatic heterocycles. The molecule has 1 atom stereocenters. The number of unbranched alkanes of at least 4 members (excludes halogenated alkanes) is 1. The summed E-state index contributed by atoms with van der Waals surface area (Å²) >= 11 is 9.66. The normalized spacial score (nSPS) is 11.7. The maximum atomic E-state index is 13.7. The minimum absolute atomic E-state index is 0.174. The second kappa shape index (κ2) is 14.9. The fraction of sp³-hybridized carbons (Fsp3) is 0.355. The van der Waals surface area contributed by atoms with Crippen LogP contribution in [0.4, 0.5) is 0 Å². The zero-order valence-corrected chi connectivity index (χ0v) is 24.6. The molecule has 0 fully saturated rings. The van der Waals surface area contributed by atoms with E-state index in [1.54, 1.807) is 17.0 Å². The van der Waals surface area contributed by atoms with Crippen molar-refractivity contribution in [2.24, 2.45) is 0 Å². The topological polar surface area (TPSA) is 58.6 Å². The Morgan fingerprint density at radius 3 is 2.34 bits per heavy atom. The number of nitrogens with zero attached hydrogens (tertiary/aromatic N) is 1. The van der Waals surface area contributed by atoms with Gasteiger partial charge in [-0.3, -0.25) is 9.59 Å². The first-order valence-electron chi connectivity index (χ1n) is 13.1. The number of benzene rings is 3. The molecule has 5 nitrogen and oxygen atoms in total. The Kier molecular flexibility index (Phi) is 11.7. The first-order chi connectivity index (χ1) is 18.3. The number of hydrogen-bond acceptors (Lipinski definition) is 3. The highest BCUT2D eigenvalue weighted by Crippen LogP contribution is 2.29. The number of halogens is 2. The Bertz CT molecular complexity index is 1190. The summed E-state index contributed by atoms with van der Waals surface area (Å²) in [6, 6.07) is 22.3. The average Bonchev–Trinajstić information content (AvgIpc) is 2.91. The molecule has 0 saturated heterocycles. The van der Waals surface area contributed by atoms with E-state index in [2.05, 4.69) is 42.0 Å². The second-order valence-corrected chi connectivity index (χ2v) is 10.9. The van der Waals surface area contributed by atoms with Gasteiger partial charge in [0, 0.05) is 24.5 Å². The summed E-state index contributed by atoms with van der Waals surface area (Å²) in [5.41, 5.74) is 3.03. The lowest BCUT2D eigenvalue weighted by atomic mass is 10.0. The van der Waals surface area contributed by atoms with Gasteiger partial charge in [-0.2, -0.15) is 0 Å². The third-order valence-corrected chi connectivity index (χ3v) is 7.21. The highest BCUT2D eigenvalue weighted by atomic mass is 79.9. The maximum absolute atomic E-state index is 13.7. The summed E-state index contributed by atoms with van der Waals surface area (Å²) in [6.45, 7) is 6.95. The molecular formula is C31H36BrClN2O3. The van der Waals surface area contributed by atoms with Crippen LogP contribution in [-0.2, 0) is 22.6 Å². The minimum Gasteiger partial charge on any atom is -0.483 e. The molecule has 3 aromatic rings. The fourth-order valence-electron chi connectivity index (χ4n) is 4.06. The lowest BCUT2D eigenvalue weighted by Crippen LogP contribution is -2.51. The Morgan fingerprint density at radius 2 is 1.71 bits per heavy atom. The quantitative estimate of drug-likeness (QED) is 0.212. The van der Waals surface area contributed by atoms with Crippen molar-refractivity contribution in [3.05, 3.63) is 99.0 Å². The molecule has 1 N–H and O–H groups in total. The smallest absolute Gasteiger partial charge is 0.261 e. The number of carbonyl (C=O) groups is 2. The molecule has 3 aromatic carbocycles. The monoisotopic (exact) mass is 598 g/mol. The fourth-order valence-corrected chi connectivity index (χ4v) is 4.70. The van der Waals surface area contributed by atoms with Crippen LogP contribution >= 0.6 is 27.5 Å². The number of carbonyl (C=O) groups excluding carboxylic acids is 2. The first kappa shape index (κ1) is 29.7. The lowest BCUT2D eigenvalue weighted by Gasteiger charge is -2.31. The molecule has 38 heavy (non-hydrogen) atoms.